The molecule has 0 aliphatic heterocycles. The van der Waals surface area contributed by atoms with E-state index >= 15 is 0 Å². The summed E-state index contributed by atoms with van der Waals surface area (Å²) >= 11 is 3.04. The van der Waals surface area contributed by atoms with Gasteiger partial charge in [0.05, 0.1) is 33.0 Å². The van der Waals surface area contributed by atoms with E-state index in [0.29, 0.717) is 16.2 Å². The minimum Gasteiger partial charge on any atom is -0.298 e. The zero-order valence-corrected chi connectivity index (χ0v) is 15.2. The maximum Gasteiger partial charge on any atom is 0.257 e. The maximum atomic E-state index is 12.5. The first-order valence-corrected chi connectivity index (χ1v) is 9.42. The molecule has 0 saturated carbocycles. The lowest BCUT2D eigenvalue weighted by molar-refractivity contribution is 0.102. The first-order valence-electron chi connectivity index (χ1n) is 7.66. The third kappa shape index (κ3) is 3.16. The maximum absolute atomic E-state index is 12.5. The number of thiazole rings is 1. The third-order valence-corrected chi connectivity index (χ3v) is 5.49. The molecule has 7 heteroatoms. The monoisotopic (exact) mass is 366 g/mol. The summed E-state index contributed by atoms with van der Waals surface area (Å²) in [7, 11) is 0. The van der Waals surface area contributed by atoms with Gasteiger partial charge in [-0.2, -0.15) is 0 Å². The molecule has 4 aromatic rings. The van der Waals surface area contributed by atoms with Gasteiger partial charge in [-0.1, -0.05) is 6.07 Å². The zero-order valence-electron chi connectivity index (χ0n) is 13.6. The average Bonchev–Trinajstić information content (AvgIpc) is 3.26. The summed E-state index contributed by atoms with van der Waals surface area (Å²) in [6.07, 6.45) is 0. The van der Waals surface area contributed by atoms with Crippen LogP contribution in [0.4, 0.5) is 5.13 Å². The predicted molar refractivity (Wildman–Crippen MR) is 102 cm³/mol. The van der Waals surface area contributed by atoms with Crippen molar-refractivity contribution in [2.45, 2.75) is 13.8 Å². The van der Waals surface area contributed by atoms with E-state index in [9.17, 15) is 4.79 Å². The Labute approximate surface area is 152 Å². The van der Waals surface area contributed by atoms with Crippen LogP contribution in [0.1, 0.15) is 21.7 Å². The highest BCUT2D eigenvalue weighted by Crippen LogP contribution is 2.28. The number of anilines is 1. The summed E-state index contributed by atoms with van der Waals surface area (Å²) in [4.78, 5) is 27.1. The van der Waals surface area contributed by atoms with Gasteiger partial charge in [0.25, 0.3) is 5.91 Å². The van der Waals surface area contributed by atoms with Crippen molar-refractivity contribution < 1.29 is 4.79 Å². The summed E-state index contributed by atoms with van der Waals surface area (Å²) in [6, 6.07) is 9.34. The molecule has 0 spiro atoms. The van der Waals surface area contributed by atoms with E-state index < -0.39 is 0 Å². The SMILES string of the molecule is Cc1nc2ccc(C(=O)Nc3nc(-c4cccs4)cs3)cc2nc1C. The molecule has 0 aliphatic carbocycles. The summed E-state index contributed by atoms with van der Waals surface area (Å²) < 4.78 is 0. The van der Waals surface area contributed by atoms with Gasteiger partial charge in [-0.25, -0.2) is 15.0 Å². The van der Waals surface area contributed by atoms with Gasteiger partial charge in [-0.3, -0.25) is 10.1 Å². The molecule has 0 radical (unpaired) electrons. The second-order valence-electron chi connectivity index (χ2n) is 5.57. The number of hydrogen-bond acceptors (Lipinski definition) is 6. The Bertz CT molecular complexity index is 1070. The standard InChI is InChI=1S/C18H14N4OS2/c1-10-11(2)20-14-8-12(5-6-13(14)19-10)17(23)22-18-21-15(9-25-18)16-4-3-7-24-16/h3-9H,1-2H3,(H,21,22,23). The number of amides is 1. The van der Waals surface area contributed by atoms with Crippen LogP contribution in [0.3, 0.4) is 0 Å². The fourth-order valence-electron chi connectivity index (χ4n) is 2.41. The number of thiophene rings is 1. The van der Waals surface area contributed by atoms with Crippen LogP contribution in [0.15, 0.2) is 41.1 Å². The molecule has 0 bridgehead atoms. The molecule has 0 fully saturated rings. The van der Waals surface area contributed by atoms with Gasteiger partial charge in [-0.05, 0) is 43.5 Å². The number of nitrogens with zero attached hydrogens (tertiary/aromatic N) is 3. The summed E-state index contributed by atoms with van der Waals surface area (Å²) in [6.45, 7) is 3.84. The zero-order chi connectivity index (χ0) is 17.4. The fourth-order valence-corrected chi connectivity index (χ4v) is 3.88. The molecule has 0 aliphatic rings. The minimum atomic E-state index is -0.200. The van der Waals surface area contributed by atoms with Crippen molar-refractivity contribution >= 4 is 44.7 Å². The van der Waals surface area contributed by atoms with Crippen molar-refractivity contribution in [1.29, 1.82) is 0 Å². The molecule has 0 atom stereocenters. The number of rotatable bonds is 3. The number of carbonyl (C=O) groups is 1. The van der Waals surface area contributed by atoms with Crippen LogP contribution >= 0.6 is 22.7 Å². The molecule has 0 unspecified atom stereocenters. The van der Waals surface area contributed by atoms with Crippen LogP contribution in [0.25, 0.3) is 21.6 Å². The lowest BCUT2D eigenvalue weighted by Crippen LogP contribution is -2.11. The molecule has 0 saturated heterocycles. The van der Waals surface area contributed by atoms with Crippen molar-refractivity contribution in [3.8, 4) is 10.6 Å². The van der Waals surface area contributed by atoms with Crippen molar-refractivity contribution in [2.24, 2.45) is 0 Å². The quantitative estimate of drug-likeness (QED) is 0.571. The van der Waals surface area contributed by atoms with Crippen molar-refractivity contribution in [3.05, 3.63) is 58.0 Å². The van der Waals surface area contributed by atoms with Gasteiger partial charge in [-0.15, -0.1) is 22.7 Å². The second kappa shape index (κ2) is 6.34. The van der Waals surface area contributed by atoms with Crippen molar-refractivity contribution in [3.63, 3.8) is 0 Å². The molecule has 1 aromatic carbocycles. The molecule has 25 heavy (non-hydrogen) atoms. The van der Waals surface area contributed by atoms with Crippen LogP contribution in [0, 0.1) is 13.8 Å². The molecule has 1 N–H and O–H groups in total. The van der Waals surface area contributed by atoms with Crippen LogP contribution < -0.4 is 5.32 Å². The number of carbonyl (C=O) groups excluding carboxylic acids is 1. The van der Waals surface area contributed by atoms with E-state index in [-0.39, 0.29) is 5.91 Å². The first-order chi connectivity index (χ1) is 12.1. The van der Waals surface area contributed by atoms with Gasteiger partial charge in [0.1, 0.15) is 0 Å². The second-order valence-corrected chi connectivity index (χ2v) is 7.37. The molecule has 5 nitrogen and oxygen atoms in total. The normalized spacial score (nSPS) is 11.0. The Hall–Kier alpha value is -2.64. The summed E-state index contributed by atoms with van der Waals surface area (Å²) in [5, 5.41) is 7.39. The van der Waals surface area contributed by atoms with Crippen molar-refractivity contribution in [1.82, 2.24) is 15.0 Å². The molecule has 4 rings (SSSR count). The number of hydrogen-bond donors (Lipinski definition) is 1. The predicted octanol–water partition coefficient (Wildman–Crippen LogP) is 4.68. The van der Waals surface area contributed by atoms with Crippen LogP contribution in [-0.2, 0) is 0 Å². The smallest absolute Gasteiger partial charge is 0.257 e. The lowest BCUT2D eigenvalue weighted by Gasteiger charge is -2.05. The Kier molecular flexibility index (Phi) is 4.03. The van der Waals surface area contributed by atoms with Gasteiger partial charge in [0.15, 0.2) is 5.13 Å². The molecule has 3 heterocycles. The Morgan fingerprint density at radius 1 is 1.00 bits per heavy atom. The molecular formula is C18H14N4OS2. The van der Waals surface area contributed by atoms with Gasteiger partial charge >= 0.3 is 0 Å². The number of nitrogens with one attached hydrogen (secondary N) is 1. The van der Waals surface area contributed by atoms with E-state index in [1.165, 1.54) is 11.3 Å². The highest BCUT2D eigenvalue weighted by atomic mass is 32.1. The Balaban J connectivity index is 1.58. The number of benzene rings is 1. The first kappa shape index (κ1) is 15.9. The van der Waals surface area contributed by atoms with E-state index in [1.54, 1.807) is 23.5 Å². The molecule has 1 amide bonds. The fraction of sp³-hybridized carbons (Fsp3) is 0.111. The molecule has 3 aromatic heterocycles. The third-order valence-electron chi connectivity index (χ3n) is 3.84. The van der Waals surface area contributed by atoms with E-state index in [4.69, 9.17) is 0 Å². The average molecular weight is 366 g/mol. The molecule has 124 valence electrons. The largest absolute Gasteiger partial charge is 0.298 e. The summed E-state index contributed by atoms with van der Waals surface area (Å²) in [5.41, 5.74) is 4.69. The Morgan fingerprint density at radius 3 is 2.56 bits per heavy atom. The molecular weight excluding hydrogens is 352 g/mol. The topological polar surface area (TPSA) is 67.8 Å². The Morgan fingerprint density at radius 2 is 1.80 bits per heavy atom. The number of aromatic nitrogens is 3. The van der Waals surface area contributed by atoms with Gasteiger partial charge in [0.2, 0.25) is 0 Å². The number of aryl methyl sites for hydroxylation is 2. The van der Waals surface area contributed by atoms with Crippen LogP contribution in [0.2, 0.25) is 0 Å². The minimum absolute atomic E-state index is 0.200. The van der Waals surface area contributed by atoms with Gasteiger partial charge < -0.3 is 0 Å². The van der Waals surface area contributed by atoms with Crippen LogP contribution in [0.5, 0.6) is 0 Å². The van der Waals surface area contributed by atoms with E-state index in [1.807, 2.05) is 42.8 Å². The lowest BCUT2D eigenvalue weighted by atomic mass is 10.1. The number of fused-ring (bicyclic) bond motifs is 1. The van der Waals surface area contributed by atoms with Gasteiger partial charge in [0, 0.05) is 10.9 Å². The van der Waals surface area contributed by atoms with Crippen LogP contribution in [-0.4, -0.2) is 20.9 Å². The van der Waals surface area contributed by atoms with Crippen molar-refractivity contribution in [2.75, 3.05) is 5.32 Å². The highest BCUT2D eigenvalue weighted by Gasteiger charge is 2.12. The highest BCUT2D eigenvalue weighted by molar-refractivity contribution is 7.16. The summed E-state index contributed by atoms with van der Waals surface area (Å²) in [5.74, 6) is -0.200. The van der Waals surface area contributed by atoms with E-state index in [0.717, 1.165) is 27.5 Å². The van der Waals surface area contributed by atoms with E-state index in [2.05, 4.69) is 20.3 Å².